The Morgan fingerprint density at radius 3 is 2.38 bits per heavy atom. The van der Waals surface area contributed by atoms with Crippen molar-refractivity contribution in [3.8, 4) is 0 Å². The fraction of sp³-hybridized carbons (Fsp3) is 0.733. The summed E-state index contributed by atoms with van der Waals surface area (Å²) in [4.78, 5) is 12.3. The third kappa shape index (κ3) is 3.63. The molecular weight excluding hydrogens is 270 g/mol. The van der Waals surface area contributed by atoms with Gasteiger partial charge in [-0.3, -0.25) is 4.79 Å². The van der Waals surface area contributed by atoms with E-state index in [-0.39, 0.29) is 29.5 Å². The van der Waals surface area contributed by atoms with Gasteiger partial charge in [0.15, 0.2) is 11.5 Å². The van der Waals surface area contributed by atoms with Gasteiger partial charge in [0.1, 0.15) is 6.61 Å². The molecule has 0 aromatic carbocycles. The van der Waals surface area contributed by atoms with E-state index in [1.54, 1.807) is 0 Å². The van der Waals surface area contributed by atoms with E-state index in [2.05, 4.69) is 36.6 Å². The summed E-state index contributed by atoms with van der Waals surface area (Å²) in [6.45, 7) is 10.9. The zero-order chi connectivity index (χ0) is 16.1. The van der Waals surface area contributed by atoms with E-state index in [0.717, 1.165) is 19.4 Å². The maximum Gasteiger partial charge on any atom is 0.273 e. The molecule has 0 radical (unpaired) electrons. The second-order valence-electron chi connectivity index (χ2n) is 5.74. The topological polar surface area (TPSA) is 87.4 Å². The maximum absolute atomic E-state index is 12.3. The van der Waals surface area contributed by atoms with E-state index < -0.39 is 5.54 Å². The van der Waals surface area contributed by atoms with Crippen molar-refractivity contribution < 1.29 is 14.4 Å². The van der Waals surface area contributed by atoms with Crippen molar-refractivity contribution >= 4 is 5.91 Å². The van der Waals surface area contributed by atoms with Crippen LogP contribution in [0.4, 0.5) is 0 Å². The van der Waals surface area contributed by atoms with Gasteiger partial charge in [-0.2, -0.15) is 0 Å². The van der Waals surface area contributed by atoms with Crippen LogP contribution < -0.4 is 10.6 Å². The van der Waals surface area contributed by atoms with Crippen LogP contribution in [0.5, 0.6) is 0 Å². The smallest absolute Gasteiger partial charge is 0.273 e. The highest BCUT2D eigenvalue weighted by Gasteiger charge is 2.43. The van der Waals surface area contributed by atoms with Gasteiger partial charge in [0, 0.05) is 11.6 Å². The lowest BCUT2D eigenvalue weighted by atomic mass is 9.75. The lowest BCUT2D eigenvalue weighted by molar-refractivity contribution is 0.0798. The number of hydrogen-bond donors (Lipinski definition) is 3. The number of aromatic nitrogens is 1. The molecule has 3 N–H and O–H groups in total. The monoisotopic (exact) mass is 297 g/mol. The van der Waals surface area contributed by atoms with Crippen LogP contribution in [0.2, 0.25) is 0 Å². The van der Waals surface area contributed by atoms with Gasteiger partial charge in [-0.25, -0.2) is 0 Å². The highest BCUT2D eigenvalue weighted by atomic mass is 16.5. The number of aliphatic hydroxyl groups is 1. The van der Waals surface area contributed by atoms with Crippen LogP contribution in [0, 0.1) is 0 Å². The van der Waals surface area contributed by atoms with Crippen LogP contribution in [-0.4, -0.2) is 33.8 Å². The van der Waals surface area contributed by atoms with E-state index in [9.17, 15) is 4.79 Å². The summed E-state index contributed by atoms with van der Waals surface area (Å²) in [5, 5.41) is 19.2. The predicted octanol–water partition coefficient (Wildman–Crippen LogP) is 1.84. The second-order valence-corrected chi connectivity index (χ2v) is 5.74. The van der Waals surface area contributed by atoms with Crippen LogP contribution >= 0.6 is 0 Å². The number of carbonyl (C=O) groups is 1. The normalized spacial score (nSPS) is 12.5. The molecule has 1 amide bonds. The Morgan fingerprint density at radius 2 is 1.95 bits per heavy atom. The molecular formula is C15H27N3O3. The number of nitrogens with one attached hydrogen (secondary N) is 2. The molecule has 21 heavy (non-hydrogen) atoms. The summed E-state index contributed by atoms with van der Waals surface area (Å²) >= 11 is 0. The molecule has 0 aliphatic rings. The Labute approximate surface area is 126 Å². The van der Waals surface area contributed by atoms with Crippen LogP contribution in [0.25, 0.3) is 0 Å². The number of carbonyl (C=O) groups excluding carboxylic acids is 1. The fourth-order valence-electron chi connectivity index (χ4n) is 2.91. The van der Waals surface area contributed by atoms with E-state index in [1.165, 1.54) is 6.07 Å². The van der Waals surface area contributed by atoms with Crippen LogP contribution in [-0.2, 0) is 6.61 Å². The van der Waals surface area contributed by atoms with Gasteiger partial charge >= 0.3 is 0 Å². The molecule has 0 aliphatic carbocycles. The van der Waals surface area contributed by atoms with Crippen molar-refractivity contribution in [2.24, 2.45) is 0 Å². The summed E-state index contributed by atoms with van der Waals surface area (Å²) in [5.74, 6) is -0.0190. The summed E-state index contributed by atoms with van der Waals surface area (Å²) in [6.07, 6.45) is 1.79. The molecule has 0 bridgehead atoms. The number of aliphatic hydroxyl groups excluding tert-OH is 1. The van der Waals surface area contributed by atoms with E-state index in [4.69, 9.17) is 9.63 Å². The Bertz CT molecular complexity index is 464. The van der Waals surface area contributed by atoms with Crippen LogP contribution in [0.1, 0.15) is 63.7 Å². The highest BCUT2D eigenvalue weighted by molar-refractivity contribution is 5.92. The van der Waals surface area contributed by atoms with Crippen LogP contribution in [0.15, 0.2) is 10.6 Å². The number of rotatable bonds is 8. The Balaban J connectivity index is 2.93. The molecule has 1 aromatic heterocycles. The van der Waals surface area contributed by atoms with Crippen molar-refractivity contribution in [3.63, 3.8) is 0 Å². The summed E-state index contributed by atoms with van der Waals surface area (Å²) in [5.41, 5.74) is -0.465. The first kappa shape index (κ1) is 17.7. The SMILES string of the molecule is CCNC(CC)(CC)C(C)(C)NC(=O)c1cc(CO)on1. The van der Waals surface area contributed by atoms with Crippen molar-refractivity contribution in [3.05, 3.63) is 17.5 Å². The van der Waals surface area contributed by atoms with E-state index in [0.29, 0.717) is 0 Å². The van der Waals surface area contributed by atoms with Gasteiger partial charge < -0.3 is 20.3 Å². The fourth-order valence-corrected chi connectivity index (χ4v) is 2.91. The largest absolute Gasteiger partial charge is 0.388 e. The van der Waals surface area contributed by atoms with E-state index >= 15 is 0 Å². The number of nitrogens with zero attached hydrogens (tertiary/aromatic N) is 1. The third-order valence-corrected chi connectivity index (χ3v) is 4.29. The van der Waals surface area contributed by atoms with Crippen molar-refractivity contribution in [1.29, 1.82) is 0 Å². The Hall–Kier alpha value is -1.40. The first-order chi connectivity index (χ1) is 9.85. The minimum absolute atomic E-state index is 0.185. The summed E-state index contributed by atoms with van der Waals surface area (Å²) in [6, 6.07) is 1.46. The standard InChI is InChI=1S/C15H27N3O3/c1-6-15(7-2,16-8-3)14(4,5)17-13(20)12-9-11(10-19)21-18-12/h9,16,19H,6-8,10H2,1-5H3,(H,17,20). The van der Waals surface area contributed by atoms with Gasteiger partial charge in [0.05, 0.1) is 5.54 Å². The van der Waals surface area contributed by atoms with Crippen molar-refractivity contribution in [2.45, 2.75) is 65.1 Å². The molecule has 0 unspecified atom stereocenters. The van der Waals surface area contributed by atoms with Gasteiger partial charge in [0.25, 0.3) is 5.91 Å². The average molecular weight is 297 g/mol. The third-order valence-electron chi connectivity index (χ3n) is 4.29. The average Bonchev–Trinajstić information content (AvgIpc) is 2.93. The maximum atomic E-state index is 12.3. The van der Waals surface area contributed by atoms with Crippen molar-refractivity contribution in [1.82, 2.24) is 15.8 Å². The number of likely N-dealkylation sites (N-methyl/N-ethyl adjacent to an activating group) is 1. The van der Waals surface area contributed by atoms with Gasteiger partial charge in [-0.1, -0.05) is 25.9 Å². The minimum Gasteiger partial charge on any atom is -0.388 e. The zero-order valence-electron chi connectivity index (χ0n) is 13.6. The highest BCUT2D eigenvalue weighted by Crippen LogP contribution is 2.29. The molecule has 0 atom stereocenters. The first-order valence-electron chi connectivity index (χ1n) is 7.49. The molecule has 6 nitrogen and oxygen atoms in total. The Kier molecular flexibility index (Phi) is 5.92. The predicted molar refractivity (Wildman–Crippen MR) is 81.0 cm³/mol. The van der Waals surface area contributed by atoms with Gasteiger partial charge in [-0.05, 0) is 33.2 Å². The molecule has 1 aromatic rings. The number of hydrogen-bond acceptors (Lipinski definition) is 5. The first-order valence-corrected chi connectivity index (χ1v) is 7.49. The number of amides is 1. The quantitative estimate of drug-likeness (QED) is 0.681. The lowest BCUT2D eigenvalue weighted by Crippen LogP contribution is -2.66. The van der Waals surface area contributed by atoms with Gasteiger partial charge in [-0.15, -0.1) is 0 Å². The molecule has 1 rings (SSSR count). The summed E-state index contributed by atoms with van der Waals surface area (Å²) < 4.78 is 4.86. The molecule has 1 heterocycles. The Morgan fingerprint density at radius 1 is 1.33 bits per heavy atom. The summed E-state index contributed by atoms with van der Waals surface area (Å²) in [7, 11) is 0. The molecule has 0 spiro atoms. The lowest BCUT2D eigenvalue weighted by Gasteiger charge is -2.47. The van der Waals surface area contributed by atoms with E-state index in [1.807, 2.05) is 13.8 Å². The molecule has 0 saturated carbocycles. The molecule has 0 fully saturated rings. The van der Waals surface area contributed by atoms with Crippen LogP contribution in [0.3, 0.4) is 0 Å². The second kappa shape index (κ2) is 7.04. The molecule has 120 valence electrons. The van der Waals surface area contributed by atoms with Gasteiger partial charge in [0.2, 0.25) is 0 Å². The molecule has 0 saturated heterocycles. The zero-order valence-corrected chi connectivity index (χ0v) is 13.6. The minimum atomic E-state index is -0.456. The van der Waals surface area contributed by atoms with Crippen molar-refractivity contribution in [2.75, 3.05) is 6.54 Å². The molecule has 0 aliphatic heterocycles. The molecule has 6 heteroatoms.